The Bertz CT molecular complexity index is 785. The molecule has 4 N–H and O–H groups in total. The van der Waals surface area contributed by atoms with Gasteiger partial charge in [0.25, 0.3) is 11.1 Å². The number of hydrogen-bond donors (Lipinski definition) is 4. The Morgan fingerprint density at radius 2 is 1.17 bits per heavy atom. The Hall–Kier alpha value is -3.31. The zero-order chi connectivity index (χ0) is 18.0. The van der Waals surface area contributed by atoms with Crippen molar-refractivity contribution in [2.24, 2.45) is 0 Å². The minimum absolute atomic E-state index is 0.707. The standard InChI is InChI=1S/2C4H3FN2O2.C3H7NO/c2*5-2-1-6-4(9)7-3(2)8;1-4(2)3-5/h2*1H,(H2,6,7,8,9);3H,1-2H3. The van der Waals surface area contributed by atoms with Gasteiger partial charge in [0.1, 0.15) is 0 Å². The van der Waals surface area contributed by atoms with Crippen molar-refractivity contribution < 1.29 is 13.6 Å². The summed E-state index contributed by atoms with van der Waals surface area (Å²) in [6.45, 7) is 0. The van der Waals surface area contributed by atoms with Crippen LogP contribution in [0.3, 0.4) is 0 Å². The highest BCUT2D eigenvalue weighted by Gasteiger charge is 1.94. The van der Waals surface area contributed by atoms with Crippen molar-refractivity contribution in [3.05, 3.63) is 65.7 Å². The van der Waals surface area contributed by atoms with E-state index in [0.29, 0.717) is 12.4 Å². The van der Waals surface area contributed by atoms with Crippen LogP contribution in [0.1, 0.15) is 0 Å². The molecule has 2 heterocycles. The predicted molar refractivity (Wildman–Crippen MR) is 75.0 cm³/mol. The van der Waals surface area contributed by atoms with Crippen LogP contribution in [0.4, 0.5) is 8.78 Å². The molecule has 2 aromatic heterocycles. The number of aromatic nitrogens is 4. The van der Waals surface area contributed by atoms with Gasteiger partial charge in [0.05, 0.1) is 0 Å². The molecule has 0 aliphatic rings. The zero-order valence-corrected chi connectivity index (χ0v) is 12.0. The SMILES string of the molecule is CN(C)C=O.O=c1[nH]cc(F)c(=O)[nH]1.O=c1[nH]cc(F)c(=O)[nH]1. The Morgan fingerprint density at radius 1 is 0.870 bits per heavy atom. The number of H-pyrrole nitrogens is 4. The van der Waals surface area contributed by atoms with Crippen molar-refractivity contribution in [1.29, 1.82) is 0 Å². The fourth-order valence-electron chi connectivity index (χ4n) is 0.787. The van der Waals surface area contributed by atoms with Crippen molar-refractivity contribution in [2.45, 2.75) is 0 Å². The lowest BCUT2D eigenvalue weighted by atomic mass is 10.6. The second kappa shape index (κ2) is 9.59. The fourth-order valence-corrected chi connectivity index (χ4v) is 0.787. The lowest BCUT2D eigenvalue weighted by Crippen LogP contribution is -2.23. The van der Waals surface area contributed by atoms with E-state index in [4.69, 9.17) is 0 Å². The van der Waals surface area contributed by atoms with Crippen LogP contribution in [0.15, 0.2) is 31.6 Å². The molecule has 1 amide bonds. The third kappa shape index (κ3) is 8.54. The maximum Gasteiger partial charge on any atom is 0.325 e. The van der Waals surface area contributed by atoms with Crippen molar-refractivity contribution >= 4 is 6.41 Å². The Kier molecular flexibility index (Phi) is 8.21. The number of nitrogens with one attached hydrogen (secondary N) is 4. The third-order valence-corrected chi connectivity index (χ3v) is 1.76. The highest BCUT2D eigenvalue weighted by atomic mass is 19.1. The van der Waals surface area contributed by atoms with Gasteiger partial charge < -0.3 is 14.9 Å². The minimum Gasteiger partial charge on any atom is -0.351 e. The number of carbonyl (C=O) groups is 1. The van der Waals surface area contributed by atoms with Crippen LogP contribution in [0, 0.1) is 11.6 Å². The predicted octanol–water partition coefficient (Wildman–Crippen LogP) is -1.89. The summed E-state index contributed by atoms with van der Waals surface area (Å²) in [6.07, 6.45) is 2.17. The average Bonchev–Trinajstić information content (AvgIpc) is 2.49. The van der Waals surface area contributed by atoms with Crippen molar-refractivity contribution in [2.75, 3.05) is 14.1 Å². The van der Waals surface area contributed by atoms with Gasteiger partial charge in [-0.1, -0.05) is 0 Å². The molecule has 0 spiro atoms. The lowest BCUT2D eigenvalue weighted by Gasteiger charge is -1.93. The topological polar surface area (TPSA) is 152 Å². The summed E-state index contributed by atoms with van der Waals surface area (Å²) in [4.78, 5) is 58.9. The molecule has 0 unspecified atom stereocenters. The molecule has 0 fully saturated rings. The molecule has 0 aromatic carbocycles. The van der Waals surface area contributed by atoms with Gasteiger partial charge >= 0.3 is 11.4 Å². The van der Waals surface area contributed by atoms with Crippen LogP contribution in [0.25, 0.3) is 0 Å². The molecule has 12 heteroatoms. The van der Waals surface area contributed by atoms with E-state index in [0.717, 1.165) is 6.41 Å². The highest BCUT2D eigenvalue weighted by molar-refractivity contribution is 5.45. The highest BCUT2D eigenvalue weighted by Crippen LogP contribution is 1.74. The Morgan fingerprint density at radius 3 is 1.35 bits per heavy atom. The summed E-state index contributed by atoms with van der Waals surface area (Å²) in [5.74, 6) is -1.98. The van der Waals surface area contributed by atoms with Crippen molar-refractivity contribution in [1.82, 2.24) is 24.8 Å². The van der Waals surface area contributed by atoms with E-state index in [9.17, 15) is 32.8 Å². The lowest BCUT2D eigenvalue weighted by molar-refractivity contribution is -0.115. The molecule has 0 aliphatic heterocycles. The maximum absolute atomic E-state index is 12.0. The maximum atomic E-state index is 12.0. The second-order valence-corrected chi connectivity index (χ2v) is 3.91. The summed E-state index contributed by atoms with van der Waals surface area (Å²) in [7, 11) is 3.38. The van der Waals surface area contributed by atoms with Crippen LogP contribution in [0.5, 0.6) is 0 Å². The normalized spacial score (nSPS) is 8.87. The van der Waals surface area contributed by atoms with Gasteiger partial charge in [-0.05, 0) is 0 Å². The van der Waals surface area contributed by atoms with Gasteiger partial charge in [0.15, 0.2) is 0 Å². The fraction of sp³-hybridized carbons (Fsp3) is 0.182. The third-order valence-electron chi connectivity index (χ3n) is 1.76. The quantitative estimate of drug-likeness (QED) is 0.450. The monoisotopic (exact) mass is 333 g/mol. The van der Waals surface area contributed by atoms with Gasteiger partial charge in [-0.15, -0.1) is 0 Å². The second-order valence-electron chi connectivity index (χ2n) is 3.91. The van der Waals surface area contributed by atoms with Gasteiger partial charge in [-0.2, -0.15) is 8.78 Å². The van der Waals surface area contributed by atoms with Crippen LogP contribution >= 0.6 is 0 Å². The first-order valence-electron chi connectivity index (χ1n) is 5.74. The Labute approximate surface area is 125 Å². The van der Waals surface area contributed by atoms with Crippen molar-refractivity contribution in [3.8, 4) is 0 Å². The van der Waals surface area contributed by atoms with E-state index >= 15 is 0 Å². The van der Waals surface area contributed by atoms with E-state index in [1.165, 1.54) is 4.90 Å². The van der Waals surface area contributed by atoms with E-state index in [2.05, 4.69) is 0 Å². The average molecular weight is 333 g/mol. The largest absolute Gasteiger partial charge is 0.351 e. The molecule has 2 aromatic rings. The van der Waals surface area contributed by atoms with E-state index in [-0.39, 0.29) is 0 Å². The zero-order valence-electron chi connectivity index (χ0n) is 12.0. The number of nitrogens with zero attached hydrogens (tertiary/aromatic N) is 1. The molecule has 0 bridgehead atoms. The molecule has 0 radical (unpaired) electrons. The molecule has 0 saturated heterocycles. The van der Waals surface area contributed by atoms with E-state index in [1.807, 2.05) is 9.97 Å². The van der Waals surface area contributed by atoms with Crippen molar-refractivity contribution in [3.63, 3.8) is 0 Å². The summed E-state index contributed by atoms with van der Waals surface area (Å²) < 4.78 is 24.0. The molecular weight excluding hydrogens is 320 g/mol. The molecule has 126 valence electrons. The number of hydrogen-bond acceptors (Lipinski definition) is 5. The van der Waals surface area contributed by atoms with E-state index in [1.54, 1.807) is 24.1 Å². The number of carbonyl (C=O) groups excluding carboxylic acids is 1. The Balaban J connectivity index is 0.000000332. The minimum atomic E-state index is -1.00. The summed E-state index contributed by atoms with van der Waals surface area (Å²) in [5.41, 5.74) is -3.42. The van der Waals surface area contributed by atoms with Gasteiger partial charge in [0, 0.05) is 26.5 Å². The van der Waals surface area contributed by atoms with Gasteiger partial charge in [-0.25, -0.2) is 9.59 Å². The molecule has 23 heavy (non-hydrogen) atoms. The van der Waals surface area contributed by atoms with E-state index < -0.39 is 34.1 Å². The van der Waals surface area contributed by atoms with Gasteiger partial charge in [-0.3, -0.25) is 24.4 Å². The smallest absolute Gasteiger partial charge is 0.325 e. The summed E-state index contributed by atoms with van der Waals surface area (Å²) >= 11 is 0. The first-order valence-corrected chi connectivity index (χ1v) is 5.74. The first-order chi connectivity index (χ1) is 10.7. The molecule has 0 atom stereocenters. The first kappa shape index (κ1) is 19.7. The molecule has 10 nitrogen and oxygen atoms in total. The van der Waals surface area contributed by atoms with Crippen LogP contribution in [0.2, 0.25) is 0 Å². The van der Waals surface area contributed by atoms with Crippen LogP contribution in [-0.2, 0) is 4.79 Å². The molecule has 0 saturated carbocycles. The summed E-state index contributed by atoms with van der Waals surface area (Å²) in [6, 6.07) is 0. The van der Waals surface area contributed by atoms with Crippen LogP contribution in [-0.4, -0.2) is 45.3 Å². The van der Waals surface area contributed by atoms with Crippen LogP contribution < -0.4 is 22.5 Å². The molecule has 0 aliphatic carbocycles. The van der Waals surface area contributed by atoms with Gasteiger partial charge in [0.2, 0.25) is 18.0 Å². The summed E-state index contributed by atoms with van der Waals surface area (Å²) in [5, 5.41) is 0. The molecular formula is C11H13F2N5O5. The molecule has 2 rings (SSSR count). The number of rotatable bonds is 1. The number of amides is 1. The number of aromatic amines is 4. The number of halogens is 2.